The molecule has 40 heavy (non-hydrogen) atoms. The smallest absolute Gasteiger partial charge is 0.333 e. The molecule has 7 rings (SSSR count). The van der Waals surface area contributed by atoms with Crippen LogP contribution in [-0.2, 0) is 33.4 Å². The predicted molar refractivity (Wildman–Crippen MR) is 144 cm³/mol. The van der Waals surface area contributed by atoms with Gasteiger partial charge in [0.2, 0.25) is 0 Å². The molecule has 6 saturated carbocycles. The van der Waals surface area contributed by atoms with Gasteiger partial charge in [-0.15, -0.1) is 0 Å². The molecule has 6 aliphatic carbocycles. The molecule has 218 valence electrons. The molecule has 1 aliphatic heterocycles. The van der Waals surface area contributed by atoms with Crippen LogP contribution in [0.3, 0.4) is 0 Å². The van der Waals surface area contributed by atoms with Gasteiger partial charge < -0.3 is 14.2 Å². The molecule has 0 aromatic heterocycles. The second kappa shape index (κ2) is 8.67. The predicted octanol–water partition coefficient (Wildman–Crippen LogP) is 5.20. The monoisotopic (exact) mass is 552 g/mol. The van der Waals surface area contributed by atoms with Gasteiger partial charge in [0, 0.05) is 35.7 Å². The van der Waals surface area contributed by atoms with Crippen LogP contribution in [0.2, 0.25) is 0 Å². The molecule has 1 heterocycles. The molecule has 0 N–H and O–H groups in total. The van der Waals surface area contributed by atoms with E-state index in [4.69, 9.17) is 14.2 Å². The largest absolute Gasteiger partial charge is 0.459 e. The third-order valence-corrected chi connectivity index (χ3v) is 13.7. The number of rotatable bonds is 4. The van der Waals surface area contributed by atoms with E-state index in [0.717, 1.165) is 51.4 Å². The number of ether oxygens (including phenoxy) is 3. The van der Waals surface area contributed by atoms with Gasteiger partial charge in [-0.2, -0.15) is 0 Å². The lowest BCUT2D eigenvalue weighted by Gasteiger charge is -2.61. The SMILES string of the molecule is C=C(C)C(=O)OC1C2CC3C1OC(=O)C3C2C(=O)OC1(C)CC[C@H]2C3CCC4CC(=O)CC[C@]4(C)[C@H]3CC[C@@]21C. The number of esters is 3. The highest BCUT2D eigenvalue weighted by Gasteiger charge is 2.71. The lowest BCUT2D eigenvalue weighted by molar-refractivity contribution is -0.194. The quantitative estimate of drug-likeness (QED) is 0.269. The van der Waals surface area contributed by atoms with E-state index >= 15 is 0 Å². The molecular weight excluding hydrogens is 508 g/mol. The van der Waals surface area contributed by atoms with Crippen molar-refractivity contribution in [3.05, 3.63) is 12.2 Å². The summed E-state index contributed by atoms with van der Waals surface area (Å²) >= 11 is 0. The first-order valence-corrected chi connectivity index (χ1v) is 15.7. The van der Waals surface area contributed by atoms with Crippen molar-refractivity contribution in [1.29, 1.82) is 0 Å². The lowest BCUT2D eigenvalue weighted by Crippen LogP contribution is -2.57. The Balaban J connectivity index is 1.11. The lowest BCUT2D eigenvalue weighted by atomic mass is 9.44. The van der Waals surface area contributed by atoms with Gasteiger partial charge in [0.25, 0.3) is 0 Å². The zero-order valence-electron chi connectivity index (χ0n) is 24.4. The van der Waals surface area contributed by atoms with E-state index in [1.54, 1.807) is 6.92 Å². The number of carbonyl (C=O) groups excluding carboxylic acids is 4. The van der Waals surface area contributed by atoms with Crippen LogP contribution in [0.1, 0.15) is 91.9 Å². The molecule has 0 radical (unpaired) electrons. The van der Waals surface area contributed by atoms with Crippen molar-refractivity contribution in [3.63, 3.8) is 0 Å². The van der Waals surface area contributed by atoms with Gasteiger partial charge in [0.05, 0.1) is 11.8 Å². The number of carbonyl (C=O) groups is 4. The third-order valence-electron chi connectivity index (χ3n) is 13.7. The third kappa shape index (κ3) is 3.41. The highest BCUT2D eigenvalue weighted by molar-refractivity contribution is 5.89. The molecule has 7 fully saturated rings. The Morgan fingerprint density at radius 2 is 1.70 bits per heavy atom. The van der Waals surface area contributed by atoms with E-state index in [9.17, 15) is 19.2 Å². The van der Waals surface area contributed by atoms with Gasteiger partial charge in [0.1, 0.15) is 23.6 Å². The van der Waals surface area contributed by atoms with Crippen molar-refractivity contribution < 1.29 is 33.4 Å². The average molecular weight is 553 g/mol. The van der Waals surface area contributed by atoms with E-state index in [0.29, 0.717) is 41.4 Å². The maximum Gasteiger partial charge on any atom is 0.333 e. The Hall–Kier alpha value is -2.18. The van der Waals surface area contributed by atoms with E-state index in [1.807, 2.05) is 0 Å². The number of Topliss-reactive ketones (excluding diaryl/α,β-unsaturated/α-hetero) is 1. The van der Waals surface area contributed by atoms with E-state index in [-0.39, 0.29) is 34.6 Å². The fraction of sp³-hybridized carbons (Fsp3) is 0.818. The number of hydrogen-bond donors (Lipinski definition) is 0. The van der Waals surface area contributed by atoms with Crippen molar-refractivity contribution >= 4 is 23.7 Å². The van der Waals surface area contributed by atoms with Gasteiger partial charge in [-0.05, 0) is 94.3 Å². The van der Waals surface area contributed by atoms with Crippen molar-refractivity contribution in [1.82, 2.24) is 0 Å². The maximum absolute atomic E-state index is 14.0. The first-order chi connectivity index (χ1) is 18.9. The molecule has 0 aromatic carbocycles. The van der Waals surface area contributed by atoms with Gasteiger partial charge in [-0.1, -0.05) is 20.4 Å². The minimum atomic E-state index is -0.635. The second-order valence-electron chi connectivity index (χ2n) is 15.2. The minimum absolute atomic E-state index is 0.105. The fourth-order valence-electron chi connectivity index (χ4n) is 11.4. The normalized spacial score (nSPS) is 51.9. The summed E-state index contributed by atoms with van der Waals surface area (Å²) in [7, 11) is 0. The van der Waals surface area contributed by atoms with Crippen molar-refractivity contribution in [2.45, 2.75) is 110 Å². The summed E-state index contributed by atoms with van der Waals surface area (Å²) in [4.78, 5) is 51.6. The summed E-state index contributed by atoms with van der Waals surface area (Å²) in [6.07, 6.45) is 8.36. The molecule has 7 aliphatic rings. The van der Waals surface area contributed by atoms with Gasteiger partial charge in [-0.3, -0.25) is 14.4 Å². The molecular formula is C33H44O7. The topological polar surface area (TPSA) is 96.0 Å². The zero-order valence-corrected chi connectivity index (χ0v) is 24.4. The number of hydrogen-bond acceptors (Lipinski definition) is 7. The molecule has 9 unspecified atom stereocenters. The summed E-state index contributed by atoms with van der Waals surface area (Å²) in [5.41, 5.74) is -0.196. The fourth-order valence-corrected chi connectivity index (χ4v) is 11.4. The highest BCUT2D eigenvalue weighted by atomic mass is 16.6. The Morgan fingerprint density at radius 1 is 0.950 bits per heavy atom. The Kier molecular flexibility index (Phi) is 5.79. The Morgan fingerprint density at radius 3 is 2.45 bits per heavy atom. The minimum Gasteiger partial charge on any atom is -0.459 e. The first-order valence-electron chi connectivity index (χ1n) is 15.7. The van der Waals surface area contributed by atoms with Crippen LogP contribution < -0.4 is 0 Å². The molecule has 0 spiro atoms. The van der Waals surface area contributed by atoms with Crippen LogP contribution in [0.25, 0.3) is 0 Å². The molecule has 13 atom stereocenters. The molecule has 1 saturated heterocycles. The second-order valence-corrected chi connectivity index (χ2v) is 15.2. The molecule has 0 amide bonds. The maximum atomic E-state index is 14.0. The van der Waals surface area contributed by atoms with Crippen molar-refractivity contribution in [2.75, 3.05) is 0 Å². The van der Waals surface area contributed by atoms with Gasteiger partial charge in [-0.25, -0.2) is 4.79 Å². The molecule has 2 bridgehead atoms. The summed E-state index contributed by atoms with van der Waals surface area (Å²) in [6, 6.07) is 0. The summed E-state index contributed by atoms with van der Waals surface area (Å²) < 4.78 is 18.0. The molecule has 7 nitrogen and oxygen atoms in total. The van der Waals surface area contributed by atoms with Crippen molar-refractivity contribution in [3.8, 4) is 0 Å². The summed E-state index contributed by atoms with van der Waals surface area (Å²) in [6.45, 7) is 12.2. The van der Waals surface area contributed by atoms with E-state index in [2.05, 4.69) is 27.4 Å². The average Bonchev–Trinajstić information content (AvgIpc) is 3.58. The Bertz CT molecular complexity index is 1190. The van der Waals surface area contributed by atoms with Crippen LogP contribution in [0.5, 0.6) is 0 Å². The number of ketones is 1. The first kappa shape index (κ1) is 26.7. The highest BCUT2D eigenvalue weighted by Crippen LogP contribution is 2.69. The Labute approximate surface area is 237 Å². The zero-order chi connectivity index (χ0) is 28.4. The van der Waals surface area contributed by atoms with Crippen LogP contribution in [0, 0.1) is 58.2 Å². The van der Waals surface area contributed by atoms with Crippen LogP contribution in [-0.4, -0.2) is 41.5 Å². The summed E-state index contributed by atoms with van der Waals surface area (Å²) in [5, 5.41) is 0. The van der Waals surface area contributed by atoms with E-state index < -0.39 is 35.6 Å². The van der Waals surface area contributed by atoms with Gasteiger partial charge >= 0.3 is 17.9 Å². The molecule has 0 aromatic rings. The standard InChI is InChI=1S/C33H44O7/c1-16(2)28(35)38-26-21-15-20-24(29(36)39-27(20)26)25(21)30(37)40-33(5)13-10-23-19-7-6-17-14-18(34)8-11-31(17,3)22(19)9-12-32(23,33)4/h17,19-27H,1,6-15H2,2-5H3/t17?,19?,20?,21?,22-,23-,24?,25?,26?,27?,31-,32-,33?/m0/s1. The summed E-state index contributed by atoms with van der Waals surface area (Å²) in [5.74, 6) is -0.00904. The van der Waals surface area contributed by atoms with Crippen LogP contribution in [0.15, 0.2) is 12.2 Å². The van der Waals surface area contributed by atoms with Crippen LogP contribution in [0.4, 0.5) is 0 Å². The molecule has 7 heteroatoms. The van der Waals surface area contributed by atoms with E-state index in [1.165, 1.54) is 6.42 Å². The van der Waals surface area contributed by atoms with Gasteiger partial charge in [0.15, 0.2) is 0 Å². The van der Waals surface area contributed by atoms with Crippen molar-refractivity contribution in [2.24, 2.45) is 58.2 Å². The van der Waals surface area contributed by atoms with Crippen LogP contribution >= 0.6 is 0 Å². The number of fused-ring (bicyclic) bond motifs is 6.